The van der Waals surface area contributed by atoms with Crippen LogP contribution in [-0.2, 0) is 4.79 Å². The lowest BCUT2D eigenvalue weighted by atomic mass is 9.96. The van der Waals surface area contributed by atoms with Gasteiger partial charge >= 0.3 is 0 Å². The third-order valence-corrected chi connectivity index (χ3v) is 6.07. The first-order valence-electron chi connectivity index (χ1n) is 9.00. The van der Waals surface area contributed by atoms with Gasteiger partial charge in [0.25, 0.3) is 0 Å². The second kappa shape index (κ2) is 7.10. The zero-order valence-electron chi connectivity index (χ0n) is 15.3. The number of anilines is 1. The Kier molecular flexibility index (Phi) is 4.65. The lowest BCUT2D eigenvalue weighted by molar-refractivity contribution is -0.121. The maximum absolute atomic E-state index is 12.7. The third kappa shape index (κ3) is 3.20. The minimum absolute atomic E-state index is 0.151. The molecule has 0 spiro atoms. The smallest absolute Gasteiger partial charge is 0.246 e. The summed E-state index contributed by atoms with van der Waals surface area (Å²) in [6.07, 6.45) is 2.79. The number of carbonyl (C=O) groups excluding carboxylic acids is 1. The number of aromatic nitrogens is 1. The Balaban J connectivity index is 1.72. The van der Waals surface area contributed by atoms with Crippen molar-refractivity contribution in [2.75, 3.05) is 18.0 Å². The van der Waals surface area contributed by atoms with Crippen molar-refractivity contribution in [3.63, 3.8) is 0 Å². The highest BCUT2D eigenvalue weighted by Gasteiger charge is 2.30. The van der Waals surface area contributed by atoms with Gasteiger partial charge in [0, 0.05) is 6.54 Å². The van der Waals surface area contributed by atoms with E-state index >= 15 is 0 Å². The number of carbonyl (C=O) groups is 1. The summed E-state index contributed by atoms with van der Waals surface area (Å²) >= 11 is 1.39. The highest BCUT2D eigenvalue weighted by molar-refractivity contribution is 7.22. The van der Waals surface area contributed by atoms with Crippen molar-refractivity contribution in [3.05, 3.63) is 47.5 Å². The van der Waals surface area contributed by atoms with E-state index < -0.39 is 0 Å². The largest absolute Gasteiger partial charge is 0.316 e. The van der Waals surface area contributed by atoms with Crippen LogP contribution in [-0.4, -0.2) is 24.0 Å². The van der Waals surface area contributed by atoms with Gasteiger partial charge in [0.15, 0.2) is 6.19 Å². The van der Waals surface area contributed by atoms with Crippen molar-refractivity contribution in [1.82, 2.24) is 10.3 Å². The van der Waals surface area contributed by atoms with Gasteiger partial charge in [-0.1, -0.05) is 35.6 Å². The average Bonchev–Trinajstić information content (AvgIpc) is 3.31. The first kappa shape index (κ1) is 17.7. The topological polar surface area (TPSA) is 69.0 Å². The molecule has 4 rings (SSSR count). The minimum Gasteiger partial charge on any atom is -0.316 e. The van der Waals surface area contributed by atoms with Gasteiger partial charge in [-0.15, -0.1) is 0 Å². The Hall–Kier alpha value is -2.75. The van der Waals surface area contributed by atoms with E-state index in [1.807, 2.05) is 12.3 Å². The number of rotatable bonds is 3. The first-order valence-corrected chi connectivity index (χ1v) is 9.81. The molecule has 1 N–H and O–H groups in total. The summed E-state index contributed by atoms with van der Waals surface area (Å²) < 4.78 is 0.975. The monoisotopic (exact) mass is 376 g/mol. The van der Waals surface area contributed by atoms with Crippen molar-refractivity contribution in [1.29, 1.82) is 5.26 Å². The highest BCUT2D eigenvalue weighted by atomic mass is 32.1. The Morgan fingerprint density at radius 3 is 2.74 bits per heavy atom. The van der Waals surface area contributed by atoms with Crippen LogP contribution >= 0.6 is 11.3 Å². The molecule has 1 atom stereocenters. The van der Waals surface area contributed by atoms with Crippen molar-refractivity contribution < 1.29 is 4.79 Å². The van der Waals surface area contributed by atoms with Crippen molar-refractivity contribution >= 4 is 32.6 Å². The lowest BCUT2D eigenvalue weighted by Gasteiger charge is -2.14. The van der Waals surface area contributed by atoms with E-state index in [0.29, 0.717) is 11.7 Å². The van der Waals surface area contributed by atoms with Gasteiger partial charge in [-0.05, 0) is 61.2 Å². The molecule has 0 aliphatic carbocycles. The summed E-state index contributed by atoms with van der Waals surface area (Å²) in [5.41, 5.74) is 5.61. The quantitative estimate of drug-likeness (QED) is 0.554. The van der Waals surface area contributed by atoms with Crippen LogP contribution in [0.25, 0.3) is 21.3 Å². The SMILES string of the molecule is Cc1cccc(C)c1-c1ccc2nc(N(C#N)C(=O)[C@H]3CCNC3)sc2c1. The molecular formula is C21H20N4OS. The summed E-state index contributed by atoms with van der Waals surface area (Å²) in [7, 11) is 0. The summed E-state index contributed by atoms with van der Waals surface area (Å²) in [5, 5.41) is 13.2. The van der Waals surface area contributed by atoms with E-state index in [9.17, 15) is 10.1 Å². The number of thiazole rings is 1. The van der Waals surface area contributed by atoms with Crippen LogP contribution < -0.4 is 10.2 Å². The minimum atomic E-state index is -0.170. The number of fused-ring (bicyclic) bond motifs is 1. The molecule has 136 valence electrons. The predicted molar refractivity (Wildman–Crippen MR) is 109 cm³/mol. The second-order valence-corrected chi connectivity index (χ2v) is 7.92. The molecule has 1 aromatic heterocycles. The Labute approximate surface area is 162 Å². The fourth-order valence-corrected chi connectivity index (χ4v) is 4.63. The van der Waals surface area contributed by atoms with E-state index in [2.05, 4.69) is 54.5 Å². The standard InChI is InChI=1S/C21H20N4OS/c1-13-4-3-5-14(2)19(13)15-6-7-17-18(10-15)27-21(24-17)25(12-22)20(26)16-8-9-23-11-16/h3-7,10,16,23H,8-9,11H2,1-2H3/t16-/m0/s1. The molecular weight excluding hydrogens is 356 g/mol. The second-order valence-electron chi connectivity index (χ2n) is 6.91. The number of aryl methyl sites for hydroxylation is 2. The molecule has 27 heavy (non-hydrogen) atoms. The van der Waals surface area contributed by atoms with E-state index in [0.717, 1.165) is 33.6 Å². The predicted octanol–water partition coefficient (Wildman–Crippen LogP) is 4.00. The van der Waals surface area contributed by atoms with Crippen LogP contribution in [0.5, 0.6) is 0 Å². The highest BCUT2D eigenvalue weighted by Crippen LogP contribution is 2.35. The molecule has 1 saturated heterocycles. The number of nitrogens with one attached hydrogen (secondary N) is 1. The molecule has 0 saturated carbocycles. The van der Waals surface area contributed by atoms with Crippen molar-refractivity contribution in [3.8, 4) is 17.3 Å². The van der Waals surface area contributed by atoms with Gasteiger partial charge in [0.1, 0.15) is 0 Å². The third-order valence-electron chi connectivity index (χ3n) is 5.07. The molecule has 1 amide bonds. The summed E-state index contributed by atoms with van der Waals surface area (Å²) in [6.45, 7) is 5.65. The lowest BCUT2D eigenvalue weighted by Crippen LogP contribution is -2.33. The van der Waals surface area contributed by atoms with Gasteiger partial charge < -0.3 is 5.32 Å². The van der Waals surface area contributed by atoms with Gasteiger partial charge in [0.05, 0.1) is 16.1 Å². The number of amides is 1. The zero-order valence-corrected chi connectivity index (χ0v) is 16.1. The molecule has 1 aliphatic rings. The van der Waals surface area contributed by atoms with E-state index in [1.165, 1.54) is 28.0 Å². The number of benzene rings is 2. The molecule has 5 nitrogen and oxygen atoms in total. The van der Waals surface area contributed by atoms with E-state index in [1.54, 1.807) is 0 Å². The fourth-order valence-electron chi connectivity index (χ4n) is 3.67. The van der Waals surface area contributed by atoms with Crippen LogP contribution in [0.15, 0.2) is 36.4 Å². The van der Waals surface area contributed by atoms with Crippen LogP contribution in [0.2, 0.25) is 0 Å². The summed E-state index contributed by atoms with van der Waals surface area (Å²) in [6, 6.07) is 12.4. The number of hydrogen-bond donors (Lipinski definition) is 1. The average molecular weight is 376 g/mol. The Morgan fingerprint density at radius 1 is 1.30 bits per heavy atom. The number of nitriles is 1. The van der Waals surface area contributed by atoms with Crippen LogP contribution in [0, 0.1) is 31.2 Å². The molecule has 1 fully saturated rings. The van der Waals surface area contributed by atoms with Crippen molar-refractivity contribution in [2.45, 2.75) is 20.3 Å². The molecule has 0 radical (unpaired) electrons. The molecule has 0 bridgehead atoms. The van der Waals surface area contributed by atoms with E-state index in [4.69, 9.17) is 0 Å². The zero-order chi connectivity index (χ0) is 19.0. The molecule has 2 heterocycles. The van der Waals surface area contributed by atoms with Gasteiger partial charge in [0.2, 0.25) is 11.0 Å². The summed E-state index contributed by atoms with van der Waals surface area (Å²) in [4.78, 5) is 18.4. The van der Waals surface area contributed by atoms with E-state index in [-0.39, 0.29) is 11.8 Å². The Bertz CT molecular complexity index is 1040. The summed E-state index contributed by atoms with van der Waals surface area (Å²) in [5.74, 6) is -0.321. The molecule has 2 aromatic carbocycles. The molecule has 6 heteroatoms. The number of nitrogens with zero attached hydrogens (tertiary/aromatic N) is 3. The van der Waals surface area contributed by atoms with Gasteiger partial charge in [-0.25, -0.2) is 4.98 Å². The maximum Gasteiger partial charge on any atom is 0.246 e. The molecule has 0 unspecified atom stereocenters. The number of hydrogen-bond acceptors (Lipinski definition) is 5. The van der Waals surface area contributed by atoms with Crippen molar-refractivity contribution in [2.24, 2.45) is 5.92 Å². The normalized spacial score (nSPS) is 16.4. The fraction of sp³-hybridized carbons (Fsp3) is 0.286. The first-order chi connectivity index (χ1) is 13.1. The van der Waals surface area contributed by atoms with Crippen LogP contribution in [0.3, 0.4) is 0 Å². The maximum atomic E-state index is 12.7. The Morgan fingerprint density at radius 2 is 2.07 bits per heavy atom. The molecule has 1 aliphatic heterocycles. The molecule has 3 aromatic rings. The van der Waals surface area contributed by atoms with Gasteiger partial charge in [-0.3, -0.25) is 4.79 Å². The van der Waals surface area contributed by atoms with Gasteiger partial charge in [-0.2, -0.15) is 10.2 Å². The van der Waals surface area contributed by atoms with Crippen LogP contribution in [0.1, 0.15) is 17.5 Å². The van der Waals surface area contributed by atoms with Crippen LogP contribution in [0.4, 0.5) is 5.13 Å².